The average Bonchev–Trinajstić information content (AvgIpc) is 3.39. The highest BCUT2D eigenvalue weighted by Gasteiger charge is 2.21. The molecule has 10 heteroatoms. The maximum atomic E-state index is 5.90. The van der Waals surface area contributed by atoms with Gasteiger partial charge in [0.15, 0.2) is 5.13 Å². The number of rotatable bonds is 8. The van der Waals surface area contributed by atoms with Crippen molar-refractivity contribution in [2.45, 2.75) is 13.3 Å². The van der Waals surface area contributed by atoms with Crippen LogP contribution in [0, 0.1) is 6.92 Å². The number of aryl methyl sites for hydroxylation is 1. The van der Waals surface area contributed by atoms with Gasteiger partial charge in [0.25, 0.3) is 5.89 Å². The van der Waals surface area contributed by atoms with Crippen LogP contribution in [-0.4, -0.2) is 66.8 Å². The maximum absolute atomic E-state index is 5.90. The predicted octanol–water partition coefficient (Wildman–Crippen LogP) is 2.82. The number of hydrogen-bond acceptors (Lipinski definition) is 10. The van der Waals surface area contributed by atoms with Crippen LogP contribution in [0.2, 0.25) is 0 Å². The van der Waals surface area contributed by atoms with Crippen molar-refractivity contribution in [1.29, 1.82) is 0 Å². The van der Waals surface area contributed by atoms with Crippen molar-refractivity contribution >= 4 is 16.5 Å². The van der Waals surface area contributed by atoms with Crippen molar-refractivity contribution in [3.05, 3.63) is 24.0 Å². The third kappa shape index (κ3) is 4.72. The molecule has 4 rings (SSSR count). The molecule has 0 amide bonds. The first-order chi connectivity index (χ1) is 14.2. The standard InChI is InChI=1S/C19H23N5O4S/c1-13-16(29-19(21-13)24-6-10-26-11-7-24)18-23-22-17(28-18)14-4-5-15(20-12-14)27-9-3-8-25-2/h4-5,12H,3,6-11H2,1-2H3. The second-order valence-electron chi connectivity index (χ2n) is 6.50. The molecule has 1 aliphatic heterocycles. The summed E-state index contributed by atoms with van der Waals surface area (Å²) in [6, 6.07) is 3.65. The molecule has 0 spiro atoms. The number of thiazole rings is 1. The van der Waals surface area contributed by atoms with E-state index in [1.165, 1.54) is 0 Å². The van der Waals surface area contributed by atoms with E-state index >= 15 is 0 Å². The molecule has 0 atom stereocenters. The largest absolute Gasteiger partial charge is 0.478 e. The normalized spacial score (nSPS) is 14.3. The van der Waals surface area contributed by atoms with Crippen LogP contribution in [0.5, 0.6) is 5.88 Å². The van der Waals surface area contributed by atoms with Crippen molar-refractivity contribution in [3.8, 4) is 28.1 Å². The average molecular weight is 417 g/mol. The lowest BCUT2D eigenvalue weighted by molar-refractivity contribution is 0.122. The van der Waals surface area contributed by atoms with Gasteiger partial charge in [0, 0.05) is 45.5 Å². The van der Waals surface area contributed by atoms with Crippen molar-refractivity contribution < 1.29 is 18.6 Å². The minimum absolute atomic E-state index is 0.416. The van der Waals surface area contributed by atoms with Crippen LogP contribution in [0.1, 0.15) is 12.1 Å². The Hall–Kier alpha value is -2.56. The van der Waals surface area contributed by atoms with Crippen molar-refractivity contribution in [1.82, 2.24) is 20.2 Å². The van der Waals surface area contributed by atoms with Gasteiger partial charge in [0.2, 0.25) is 11.8 Å². The summed E-state index contributed by atoms with van der Waals surface area (Å²) in [5, 5.41) is 9.34. The molecule has 0 unspecified atom stereocenters. The van der Waals surface area contributed by atoms with Crippen LogP contribution in [0.25, 0.3) is 22.2 Å². The molecule has 0 bridgehead atoms. The van der Waals surface area contributed by atoms with E-state index in [4.69, 9.17) is 18.6 Å². The number of ether oxygens (including phenoxy) is 3. The summed E-state index contributed by atoms with van der Waals surface area (Å²) >= 11 is 1.56. The minimum Gasteiger partial charge on any atom is -0.478 e. The first-order valence-electron chi connectivity index (χ1n) is 9.47. The summed E-state index contributed by atoms with van der Waals surface area (Å²) in [5.41, 5.74) is 1.62. The number of anilines is 1. The molecule has 1 fully saturated rings. The Balaban J connectivity index is 1.45. The van der Waals surface area contributed by atoms with E-state index < -0.39 is 0 Å². The van der Waals surface area contributed by atoms with Gasteiger partial charge in [-0.2, -0.15) is 0 Å². The Morgan fingerprint density at radius 2 is 1.97 bits per heavy atom. The Morgan fingerprint density at radius 3 is 2.72 bits per heavy atom. The molecule has 0 N–H and O–H groups in total. The molecule has 1 aliphatic rings. The van der Waals surface area contributed by atoms with E-state index in [0.717, 1.165) is 54.0 Å². The van der Waals surface area contributed by atoms with Gasteiger partial charge < -0.3 is 23.5 Å². The van der Waals surface area contributed by atoms with Gasteiger partial charge in [-0.25, -0.2) is 9.97 Å². The Labute approximate surface area is 172 Å². The number of aromatic nitrogens is 4. The molecular weight excluding hydrogens is 394 g/mol. The summed E-state index contributed by atoms with van der Waals surface area (Å²) < 4.78 is 21.9. The summed E-state index contributed by atoms with van der Waals surface area (Å²) in [6.07, 6.45) is 2.48. The highest BCUT2D eigenvalue weighted by molar-refractivity contribution is 7.19. The molecular formula is C19H23N5O4S. The molecule has 1 saturated heterocycles. The van der Waals surface area contributed by atoms with E-state index in [0.29, 0.717) is 30.9 Å². The molecule has 0 saturated carbocycles. The van der Waals surface area contributed by atoms with Crippen LogP contribution in [0.15, 0.2) is 22.7 Å². The van der Waals surface area contributed by atoms with Crippen LogP contribution < -0.4 is 9.64 Å². The smallest absolute Gasteiger partial charge is 0.260 e. The second kappa shape index (κ2) is 9.29. The fraction of sp³-hybridized carbons (Fsp3) is 0.474. The van der Waals surface area contributed by atoms with Crippen LogP contribution >= 0.6 is 11.3 Å². The van der Waals surface area contributed by atoms with E-state index in [2.05, 4.69) is 25.1 Å². The zero-order valence-electron chi connectivity index (χ0n) is 16.5. The third-order valence-electron chi connectivity index (χ3n) is 4.41. The number of nitrogens with zero attached hydrogens (tertiary/aromatic N) is 5. The molecule has 29 heavy (non-hydrogen) atoms. The van der Waals surface area contributed by atoms with Crippen molar-refractivity contribution in [2.75, 3.05) is 51.5 Å². The quantitative estimate of drug-likeness (QED) is 0.513. The van der Waals surface area contributed by atoms with E-state index in [1.54, 1.807) is 30.7 Å². The number of pyridine rings is 1. The lowest BCUT2D eigenvalue weighted by atomic mass is 10.3. The first kappa shape index (κ1) is 19.7. The number of hydrogen-bond donors (Lipinski definition) is 0. The summed E-state index contributed by atoms with van der Waals surface area (Å²) in [7, 11) is 1.67. The fourth-order valence-corrected chi connectivity index (χ4v) is 3.91. The highest BCUT2D eigenvalue weighted by atomic mass is 32.1. The van der Waals surface area contributed by atoms with Crippen molar-refractivity contribution in [3.63, 3.8) is 0 Å². The van der Waals surface area contributed by atoms with Gasteiger partial charge in [-0.15, -0.1) is 10.2 Å². The molecule has 3 aromatic rings. The van der Waals surface area contributed by atoms with E-state index in [-0.39, 0.29) is 0 Å². The van der Waals surface area contributed by atoms with Crippen LogP contribution in [0.4, 0.5) is 5.13 Å². The summed E-state index contributed by atoms with van der Waals surface area (Å²) in [5.74, 6) is 1.44. The molecule has 0 aliphatic carbocycles. The zero-order chi connectivity index (χ0) is 20.1. The van der Waals surface area contributed by atoms with Gasteiger partial charge >= 0.3 is 0 Å². The van der Waals surface area contributed by atoms with E-state index in [9.17, 15) is 0 Å². The molecule has 4 heterocycles. The topological polar surface area (TPSA) is 95.6 Å². The van der Waals surface area contributed by atoms with Gasteiger partial charge in [-0.1, -0.05) is 11.3 Å². The Morgan fingerprint density at radius 1 is 1.14 bits per heavy atom. The number of morpholine rings is 1. The van der Waals surface area contributed by atoms with Gasteiger partial charge in [0.05, 0.1) is 31.1 Å². The third-order valence-corrected chi connectivity index (χ3v) is 5.62. The first-order valence-corrected chi connectivity index (χ1v) is 10.3. The fourth-order valence-electron chi connectivity index (χ4n) is 2.87. The van der Waals surface area contributed by atoms with Gasteiger partial charge in [0.1, 0.15) is 4.88 Å². The van der Waals surface area contributed by atoms with Crippen LogP contribution in [-0.2, 0) is 9.47 Å². The predicted molar refractivity (Wildman–Crippen MR) is 108 cm³/mol. The lowest BCUT2D eigenvalue weighted by Crippen LogP contribution is -2.36. The van der Waals surface area contributed by atoms with Gasteiger partial charge in [-0.05, 0) is 13.0 Å². The lowest BCUT2D eigenvalue weighted by Gasteiger charge is -2.25. The molecule has 0 radical (unpaired) electrons. The monoisotopic (exact) mass is 417 g/mol. The maximum Gasteiger partial charge on any atom is 0.260 e. The Bertz CT molecular complexity index is 921. The second-order valence-corrected chi connectivity index (χ2v) is 7.48. The summed E-state index contributed by atoms with van der Waals surface area (Å²) in [4.78, 5) is 12.1. The van der Waals surface area contributed by atoms with Crippen LogP contribution in [0.3, 0.4) is 0 Å². The van der Waals surface area contributed by atoms with Gasteiger partial charge in [-0.3, -0.25) is 0 Å². The number of methoxy groups -OCH3 is 1. The zero-order valence-corrected chi connectivity index (χ0v) is 17.3. The van der Waals surface area contributed by atoms with Crippen molar-refractivity contribution in [2.24, 2.45) is 0 Å². The molecule has 3 aromatic heterocycles. The summed E-state index contributed by atoms with van der Waals surface area (Å²) in [6.45, 7) is 6.29. The SMILES string of the molecule is COCCCOc1ccc(-c2nnc(-c3sc(N4CCOCC4)nc3C)o2)cn1. The molecule has 9 nitrogen and oxygen atoms in total. The Kier molecular flexibility index (Phi) is 6.33. The molecule has 154 valence electrons. The molecule has 0 aromatic carbocycles. The highest BCUT2D eigenvalue weighted by Crippen LogP contribution is 2.35. The van der Waals surface area contributed by atoms with E-state index in [1.807, 2.05) is 13.0 Å². The minimum atomic E-state index is 0.416.